The number of likely N-dealkylation sites (N-methyl/N-ethyl adjacent to an activating group) is 1. The van der Waals surface area contributed by atoms with Gasteiger partial charge in [-0.2, -0.15) is 0 Å². The summed E-state index contributed by atoms with van der Waals surface area (Å²) in [5, 5.41) is 0.700. The lowest BCUT2D eigenvalue weighted by Gasteiger charge is -2.28. The number of benzene rings is 2. The minimum absolute atomic E-state index is 0.0442. The van der Waals surface area contributed by atoms with E-state index in [1.165, 1.54) is 4.90 Å². The largest absolute Gasteiger partial charge is 0.452 e. The molecule has 2 atom stereocenters. The predicted octanol–water partition coefficient (Wildman–Crippen LogP) is 4.55. The highest BCUT2D eigenvalue weighted by Gasteiger charge is 2.35. The average Bonchev–Trinajstić information content (AvgIpc) is 3.26. The molecule has 1 amide bonds. The van der Waals surface area contributed by atoms with Crippen LogP contribution in [0.1, 0.15) is 53.9 Å². The summed E-state index contributed by atoms with van der Waals surface area (Å²) in [4.78, 5) is 33.1. The number of pyridine rings is 1. The Balaban J connectivity index is 1.47. The van der Waals surface area contributed by atoms with Gasteiger partial charge in [-0.25, -0.2) is 18.2 Å². The van der Waals surface area contributed by atoms with Crippen molar-refractivity contribution in [2.24, 2.45) is 5.92 Å². The van der Waals surface area contributed by atoms with E-state index in [0.29, 0.717) is 41.8 Å². The highest BCUT2D eigenvalue weighted by atomic mass is 32.2. The van der Waals surface area contributed by atoms with Gasteiger partial charge < -0.3 is 9.64 Å². The summed E-state index contributed by atoms with van der Waals surface area (Å²) in [6.45, 7) is 3.88. The molecule has 2 heterocycles. The van der Waals surface area contributed by atoms with Gasteiger partial charge in [-0.05, 0) is 60.9 Å². The number of nitrogens with zero attached hydrogens (tertiary/aromatic N) is 2. The van der Waals surface area contributed by atoms with Crippen LogP contribution in [0.3, 0.4) is 0 Å². The Morgan fingerprint density at radius 3 is 2.53 bits per heavy atom. The summed E-state index contributed by atoms with van der Waals surface area (Å²) in [5.41, 5.74) is 4.94. The van der Waals surface area contributed by atoms with E-state index >= 15 is 0 Å². The Morgan fingerprint density at radius 2 is 1.82 bits per heavy atom. The molecule has 1 aromatic heterocycles. The molecule has 0 N–H and O–H groups in total. The minimum Gasteiger partial charge on any atom is -0.452 e. The van der Waals surface area contributed by atoms with Crippen molar-refractivity contribution in [1.82, 2.24) is 9.88 Å². The molecule has 0 unspecified atom stereocenters. The van der Waals surface area contributed by atoms with Crippen LogP contribution < -0.4 is 0 Å². The van der Waals surface area contributed by atoms with Gasteiger partial charge in [0.05, 0.1) is 28.3 Å². The Kier molecular flexibility index (Phi) is 7.34. The zero-order valence-electron chi connectivity index (χ0n) is 21.7. The SMILES string of the molecule is CCN(C(=O)COC(=O)c1c2c(nc3ccccc13)/C(=C\c1ccccc1)C[C@@H](C)C2)[C@@H]1CCS(=O)(=O)C1. The normalized spacial score (nSPS) is 21.3. The number of hydrogen-bond donors (Lipinski definition) is 0. The molecule has 0 radical (unpaired) electrons. The number of sulfone groups is 1. The van der Waals surface area contributed by atoms with Crippen LogP contribution in [0.25, 0.3) is 22.6 Å². The molecule has 3 aromatic rings. The first-order chi connectivity index (χ1) is 18.3. The third-order valence-electron chi connectivity index (χ3n) is 7.40. The van der Waals surface area contributed by atoms with Crippen molar-refractivity contribution >= 4 is 44.3 Å². The van der Waals surface area contributed by atoms with Gasteiger partial charge in [0.15, 0.2) is 16.4 Å². The van der Waals surface area contributed by atoms with Gasteiger partial charge in [0.2, 0.25) is 0 Å². The smallest absolute Gasteiger partial charge is 0.339 e. The monoisotopic (exact) mass is 532 g/mol. The molecule has 2 aromatic carbocycles. The fourth-order valence-electron chi connectivity index (χ4n) is 5.66. The van der Waals surface area contributed by atoms with E-state index in [2.05, 4.69) is 13.0 Å². The minimum atomic E-state index is -3.14. The number of carbonyl (C=O) groups is 2. The quantitative estimate of drug-likeness (QED) is 0.433. The highest BCUT2D eigenvalue weighted by molar-refractivity contribution is 7.91. The molecule has 7 nitrogen and oxygen atoms in total. The van der Waals surface area contributed by atoms with Gasteiger partial charge in [-0.3, -0.25) is 4.79 Å². The van der Waals surface area contributed by atoms with Gasteiger partial charge in [-0.15, -0.1) is 0 Å². The second kappa shape index (κ2) is 10.7. The molecule has 0 spiro atoms. The van der Waals surface area contributed by atoms with Crippen molar-refractivity contribution < 1.29 is 22.7 Å². The highest BCUT2D eigenvalue weighted by Crippen LogP contribution is 2.38. The van der Waals surface area contributed by atoms with E-state index in [-0.39, 0.29) is 23.5 Å². The van der Waals surface area contributed by atoms with Crippen molar-refractivity contribution in [3.63, 3.8) is 0 Å². The molecule has 0 bridgehead atoms. The van der Waals surface area contributed by atoms with Crippen molar-refractivity contribution in [1.29, 1.82) is 0 Å². The maximum Gasteiger partial charge on any atom is 0.339 e. The zero-order valence-corrected chi connectivity index (χ0v) is 22.5. The molecule has 198 valence electrons. The molecule has 2 aliphatic rings. The maximum atomic E-state index is 13.6. The first-order valence-electron chi connectivity index (χ1n) is 13.1. The Bertz CT molecular complexity index is 1510. The number of para-hydroxylation sites is 1. The van der Waals surface area contributed by atoms with Crippen LogP contribution in [0, 0.1) is 5.92 Å². The lowest BCUT2D eigenvalue weighted by atomic mass is 9.80. The summed E-state index contributed by atoms with van der Waals surface area (Å²) in [6.07, 6.45) is 4.06. The lowest BCUT2D eigenvalue weighted by molar-refractivity contribution is -0.136. The average molecular weight is 533 g/mol. The van der Waals surface area contributed by atoms with Crippen LogP contribution in [-0.2, 0) is 25.8 Å². The molecule has 0 saturated carbocycles. The predicted molar refractivity (Wildman–Crippen MR) is 148 cm³/mol. The van der Waals surface area contributed by atoms with E-state index in [0.717, 1.165) is 28.8 Å². The maximum absolute atomic E-state index is 13.6. The zero-order chi connectivity index (χ0) is 26.9. The van der Waals surface area contributed by atoms with Crippen LogP contribution in [-0.4, -0.2) is 60.9 Å². The van der Waals surface area contributed by atoms with E-state index in [4.69, 9.17) is 9.72 Å². The van der Waals surface area contributed by atoms with Gasteiger partial charge in [0.25, 0.3) is 5.91 Å². The number of hydrogen-bond acceptors (Lipinski definition) is 6. The molecule has 8 heteroatoms. The number of aromatic nitrogens is 1. The molecular formula is C30H32N2O5S. The number of carbonyl (C=O) groups excluding carboxylic acids is 2. The third kappa shape index (κ3) is 5.36. The fraction of sp³-hybridized carbons (Fsp3) is 0.367. The Labute approximate surface area is 223 Å². The number of rotatable bonds is 6. The second-order valence-electron chi connectivity index (χ2n) is 10.2. The van der Waals surface area contributed by atoms with Crippen molar-refractivity contribution in [3.05, 3.63) is 77.0 Å². The number of esters is 1. The first-order valence-corrected chi connectivity index (χ1v) is 14.9. The van der Waals surface area contributed by atoms with Gasteiger partial charge in [0.1, 0.15) is 0 Å². The van der Waals surface area contributed by atoms with Crippen molar-refractivity contribution in [2.75, 3.05) is 24.7 Å². The van der Waals surface area contributed by atoms with Crippen molar-refractivity contribution in [2.45, 2.75) is 39.2 Å². The summed E-state index contributed by atoms with van der Waals surface area (Å²) in [5.74, 6) is -0.608. The summed E-state index contributed by atoms with van der Waals surface area (Å²) in [7, 11) is -3.14. The summed E-state index contributed by atoms with van der Waals surface area (Å²) in [6, 6.07) is 17.2. The van der Waals surface area contributed by atoms with E-state index in [1.807, 2.05) is 54.6 Å². The molecule has 1 aliphatic carbocycles. The van der Waals surface area contributed by atoms with Crippen LogP contribution in [0.2, 0.25) is 0 Å². The van der Waals surface area contributed by atoms with Crippen LogP contribution in [0.5, 0.6) is 0 Å². The van der Waals surface area contributed by atoms with E-state index < -0.39 is 22.4 Å². The van der Waals surface area contributed by atoms with Crippen LogP contribution >= 0.6 is 0 Å². The Hall–Kier alpha value is -3.52. The summed E-state index contributed by atoms with van der Waals surface area (Å²) < 4.78 is 29.5. The van der Waals surface area contributed by atoms with Crippen molar-refractivity contribution in [3.8, 4) is 0 Å². The topological polar surface area (TPSA) is 93.6 Å². The van der Waals surface area contributed by atoms with E-state index in [1.54, 1.807) is 6.92 Å². The van der Waals surface area contributed by atoms with Crippen LogP contribution in [0.15, 0.2) is 54.6 Å². The Morgan fingerprint density at radius 1 is 1.08 bits per heavy atom. The van der Waals surface area contributed by atoms with Gasteiger partial charge in [0, 0.05) is 18.0 Å². The van der Waals surface area contributed by atoms with Gasteiger partial charge >= 0.3 is 5.97 Å². The van der Waals surface area contributed by atoms with Crippen LogP contribution in [0.4, 0.5) is 0 Å². The molecule has 38 heavy (non-hydrogen) atoms. The van der Waals surface area contributed by atoms with E-state index in [9.17, 15) is 18.0 Å². The number of fused-ring (bicyclic) bond motifs is 2. The number of ether oxygens (including phenoxy) is 1. The second-order valence-corrected chi connectivity index (χ2v) is 12.5. The standard InChI is InChI=1S/C30H32N2O5S/c1-3-32(23-13-14-38(35,36)19-23)27(33)18-37-30(34)28-24-11-7-8-12-26(24)31-29-22(15-20(2)16-25(28)29)17-21-9-5-4-6-10-21/h4-12,17,20,23H,3,13-16,18-19H2,1-2H3/b22-17-/t20-,23-/m1/s1. The molecule has 1 saturated heterocycles. The number of amides is 1. The number of allylic oxidation sites excluding steroid dienone is 1. The molecule has 5 rings (SSSR count). The first kappa shape index (κ1) is 26.1. The molecule has 1 fully saturated rings. The summed E-state index contributed by atoms with van der Waals surface area (Å²) >= 11 is 0. The molecular weight excluding hydrogens is 500 g/mol. The lowest BCUT2D eigenvalue weighted by Crippen LogP contribution is -2.43. The fourth-order valence-corrected chi connectivity index (χ4v) is 7.39. The van der Waals surface area contributed by atoms with Gasteiger partial charge in [-0.1, -0.05) is 55.5 Å². The third-order valence-corrected chi connectivity index (χ3v) is 9.15. The molecule has 1 aliphatic heterocycles.